The molecule has 1 unspecified atom stereocenters. The first-order valence-corrected chi connectivity index (χ1v) is 7.59. The van der Waals surface area contributed by atoms with E-state index in [4.69, 9.17) is 20.1 Å². The Kier molecular flexibility index (Phi) is 4.70. The number of hydrogen-bond acceptors (Lipinski definition) is 8. The first-order valence-electron chi connectivity index (χ1n) is 5.82. The lowest BCUT2D eigenvalue weighted by Gasteiger charge is -2.08. The molecular formula is C9H16N6O5P+. The maximum atomic E-state index is 11.2. The number of anilines is 1. The van der Waals surface area contributed by atoms with Crippen molar-refractivity contribution in [2.75, 3.05) is 25.8 Å². The summed E-state index contributed by atoms with van der Waals surface area (Å²) in [5.74, 6) is 3.25. The summed E-state index contributed by atoms with van der Waals surface area (Å²) in [6.45, 7) is 0.513. The van der Waals surface area contributed by atoms with Crippen molar-refractivity contribution in [2.24, 2.45) is 0 Å². The molecule has 2 rings (SSSR count). The molecule has 0 amide bonds. The number of imidazole rings is 1. The maximum Gasteiger partial charge on any atom is 0.403 e. The molecule has 0 aliphatic carbocycles. The van der Waals surface area contributed by atoms with Crippen molar-refractivity contribution >= 4 is 24.7 Å². The third-order valence-corrected chi connectivity index (χ3v) is 3.49. The van der Waals surface area contributed by atoms with Gasteiger partial charge in [0.05, 0.1) is 20.0 Å². The molecule has 21 heavy (non-hydrogen) atoms. The van der Waals surface area contributed by atoms with Crippen LogP contribution in [0.1, 0.15) is 0 Å². The van der Waals surface area contributed by atoms with E-state index < -0.39 is 13.9 Å². The molecule has 116 valence electrons. The van der Waals surface area contributed by atoms with Gasteiger partial charge in [-0.3, -0.25) is 4.57 Å². The lowest BCUT2D eigenvalue weighted by molar-refractivity contribution is -0.640. The second-order valence-electron chi connectivity index (χ2n) is 4.01. The predicted molar refractivity (Wildman–Crippen MR) is 70.9 cm³/mol. The quantitative estimate of drug-likeness (QED) is 0.321. The molecule has 0 saturated carbocycles. The van der Waals surface area contributed by atoms with Crippen molar-refractivity contribution in [1.29, 1.82) is 0 Å². The van der Waals surface area contributed by atoms with Crippen LogP contribution in [-0.2, 0) is 20.5 Å². The Hall–Kier alpha value is -1.78. The van der Waals surface area contributed by atoms with Gasteiger partial charge < -0.3 is 24.7 Å². The highest BCUT2D eigenvalue weighted by Gasteiger charge is 2.20. The van der Waals surface area contributed by atoms with Crippen LogP contribution in [0, 0.1) is 0 Å². The third-order valence-electron chi connectivity index (χ3n) is 2.58. The van der Waals surface area contributed by atoms with Crippen LogP contribution in [-0.4, -0.2) is 44.5 Å². The average molecular weight is 319 g/mol. The standard InChI is InChI=1S/C9H15N6O5P/c1-18-8-6-7(13-9(10)14-8)15(4-12-6)2-3-19-5-21(16,17)20-11/h4H,2-3,5H2,1,11H3,(H2-,10,13,14,16,17)/p+1. The highest BCUT2D eigenvalue weighted by molar-refractivity contribution is 7.52. The number of fused-ring (bicyclic) bond motifs is 1. The van der Waals surface area contributed by atoms with E-state index in [1.54, 1.807) is 4.57 Å². The van der Waals surface area contributed by atoms with Crippen LogP contribution in [0.2, 0.25) is 0 Å². The third kappa shape index (κ3) is 3.65. The molecule has 0 saturated heterocycles. The SMILES string of the molecule is COc1nc(N)nc2c1ncn2CCOCP(=O)(O)O[NH3+]. The largest absolute Gasteiger partial charge is 0.479 e. The molecule has 0 aliphatic rings. The van der Waals surface area contributed by atoms with E-state index in [0.29, 0.717) is 17.7 Å². The zero-order valence-corrected chi connectivity index (χ0v) is 12.2. The van der Waals surface area contributed by atoms with Gasteiger partial charge >= 0.3 is 7.60 Å². The molecule has 2 heterocycles. The zero-order chi connectivity index (χ0) is 15.5. The van der Waals surface area contributed by atoms with Crippen molar-refractivity contribution < 1.29 is 29.5 Å². The van der Waals surface area contributed by atoms with E-state index in [1.165, 1.54) is 13.4 Å². The number of nitrogens with two attached hydrogens (primary N) is 1. The summed E-state index contributed by atoms with van der Waals surface area (Å²) < 4.78 is 27.1. The molecule has 0 aliphatic heterocycles. The highest BCUT2D eigenvalue weighted by Crippen LogP contribution is 2.38. The minimum atomic E-state index is -3.77. The van der Waals surface area contributed by atoms with Gasteiger partial charge in [0, 0.05) is 6.54 Å². The molecule has 0 fully saturated rings. The van der Waals surface area contributed by atoms with E-state index in [0.717, 1.165) is 0 Å². The normalized spacial score (nSPS) is 14.2. The molecule has 0 spiro atoms. The summed E-state index contributed by atoms with van der Waals surface area (Å²) >= 11 is 0. The molecule has 2 aromatic rings. The Bertz CT molecular complexity index is 676. The Morgan fingerprint density at radius 2 is 2.29 bits per heavy atom. The Balaban J connectivity index is 2.06. The Labute approximate surface area is 119 Å². The fourth-order valence-corrected chi connectivity index (χ4v) is 2.05. The predicted octanol–water partition coefficient (Wildman–Crippen LogP) is -1.25. The number of methoxy groups -OCH3 is 1. The Morgan fingerprint density at radius 1 is 1.52 bits per heavy atom. The molecule has 6 N–H and O–H groups in total. The van der Waals surface area contributed by atoms with E-state index in [-0.39, 0.29) is 18.4 Å². The molecular weight excluding hydrogens is 303 g/mol. The van der Waals surface area contributed by atoms with Crippen LogP contribution in [0.4, 0.5) is 5.95 Å². The van der Waals surface area contributed by atoms with Crippen LogP contribution < -0.4 is 16.4 Å². The van der Waals surface area contributed by atoms with Crippen molar-refractivity contribution in [1.82, 2.24) is 19.5 Å². The van der Waals surface area contributed by atoms with E-state index in [2.05, 4.69) is 25.5 Å². The monoisotopic (exact) mass is 319 g/mol. The minimum Gasteiger partial charge on any atom is -0.479 e. The molecule has 0 bridgehead atoms. The number of nitrogens with zero attached hydrogens (tertiary/aromatic N) is 4. The lowest BCUT2D eigenvalue weighted by atomic mass is 10.5. The van der Waals surface area contributed by atoms with Gasteiger partial charge in [0.15, 0.2) is 17.5 Å². The summed E-state index contributed by atoms with van der Waals surface area (Å²) in [6.07, 6.45) is 1.09. The van der Waals surface area contributed by atoms with Gasteiger partial charge in [-0.1, -0.05) is 0 Å². The fraction of sp³-hybridized carbons (Fsp3) is 0.444. The maximum absolute atomic E-state index is 11.2. The zero-order valence-electron chi connectivity index (χ0n) is 11.3. The smallest absolute Gasteiger partial charge is 0.403 e. The van der Waals surface area contributed by atoms with Crippen LogP contribution in [0.25, 0.3) is 11.2 Å². The molecule has 12 heteroatoms. The van der Waals surface area contributed by atoms with Gasteiger partial charge in [-0.2, -0.15) is 9.97 Å². The summed E-state index contributed by atoms with van der Waals surface area (Å²) in [5.41, 5.74) is 6.55. The van der Waals surface area contributed by atoms with Crippen LogP contribution in [0.15, 0.2) is 6.33 Å². The molecule has 11 nitrogen and oxygen atoms in total. The van der Waals surface area contributed by atoms with Crippen LogP contribution in [0.3, 0.4) is 0 Å². The first-order chi connectivity index (χ1) is 9.96. The van der Waals surface area contributed by atoms with Gasteiger partial charge in [-0.05, 0) is 0 Å². The van der Waals surface area contributed by atoms with Crippen LogP contribution >= 0.6 is 7.60 Å². The summed E-state index contributed by atoms with van der Waals surface area (Å²) in [5, 5.41) is 0. The van der Waals surface area contributed by atoms with Gasteiger partial charge in [0.1, 0.15) is 0 Å². The summed E-state index contributed by atoms with van der Waals surface area (Å²) in [4.78, 5) is 21.3. The number of nitrogen functional groups attached to an aromatic ring is 1. The Morgan fingerprint density at radius 3 is 2.95 bits per heavy atom. The number of rotatable bonds is 7. The van der Waals surface area contributed by atoms with Crippen molar-refractivity contribution in [3.8, 4) is 5.88 Å². The van der Waals surface area contributed by atoms with E-state index >= 15 is 0 Å². The van der Waals surface area contributed by atoms with Gasteiger partial charge in [-0.25, -0.2) is 10.9 Å². The molecule has 0 aromatic carbocycles. The fourth-order valence-electron chi connectivity index (χ4n) is 1.62. The topological polar surface area (TPSA) is 162 Å². The van der Waals surface area contributed by atoms with E-state index in [9.17, 15) is 4.57 Å². The van der Waals surface area contributed by atoms with Gasteiger partial charge in [0.2, 0.25) is 11.8 Å². The molecule has 1 atom stereocenters. The number of ether oxygens (including phenoxy) is 2. The first kappa shape index (κ1) is 15.6. The van der Waals surface area contributed by atoms with Crippen molar-refractivity contribution in [3.05, 3.63) is 6.33 Å². The van der Waals surface area contributed by atoms with Gasteiger partial charge in [-0.15, -0.1) is 4.62 Å². The van der Waals surface area contributed by atoms with Gasteiger partial charge in [0.25, 0.3) is 0 Å². The summed E-state index contributed by atoms with van der Waals surface area (Å²) in [6, 6.07) is 0. The van der Waals surface area contributed by atoms with Crippen molar-refractivity contribution in [2.45, 2.75) is 6.54 Å². The second kappa shape index (κ2) is 6.33. The van der Waals surface area contributed by atoms with E-state index in [1.807, 2.05) is 0 Å². The van der Waals surface area contributed by atoms with Crippen LogP contribution in [0.5, 0.6) is 5.88 Å². The molecule has 2 aromatic heterocycles. The minimum absolute atomic E-state index is 0.0623. The second-order valence-corrected chi connectivity index (χ2v) is 5.80. The summed E-state index contributed by atoms with van der Waals surface area (Å²) in [7, 11) is -2.31. The molecule has 0 radical (unpaired) electrons. The lowest BCUT2D eigenvalue weighted by Crippen LogP contribution is -2.47. The number of aromatic nitrogens is 4. The highest BCUT2D eigenvalue weighted by atomic mass is 31.2. The average Bonchev–Trinajstić information content (AvgIpc) is 2.85. The number of quaternary nitrogens is 1. The van der Waals surface area contributed by atoms with Crippen molar-refractivity contribution in [3.63, 3.8) is 0 Å². The number of hydrogen-bond donors (Lipinski definition) is 3.